The molecule has 1 aliphatic carbocycles. The molecule has 0 radical (unpaired) electrons. The van der Waals surface area contributed by atoms with Gasteiger partial charge in [-0.05, 0) is 31.4 Å². The Balaban J connectivity index is 1.55. The second kappa shape index (κ2) is 5.63. The molecule has 0 spiro atoms. The van der Waals surface area contributed by atoms with Gasteiger partial charge in [-0.3, -0.25) is 0 Å². The third kappa shape index (κ3) is 2.54. The Morgan fingerprint density at radius 3 is 2.75 bits per heavy atom. The quantitative estimate of drug-likeness (QED) is 0.877. The molecule has 5 heteroatoms. The summed E-state index contributed by atoms with van der Waals surface area (Å²) in [4.78, 5) is 4.46. The SMILES string of the molecule is COC1(c2noc(CCNc3ccccc3)n2)CCC1. The maximum atomic E-state index is 5.55. The summed E-state index contributed by atoms with van der Waals surface area (Å²) in [6.45, 7) is 0.769. The number of hydrogen-bond donors (Lipinski definition) is 1. The molecule has 2 aromatic rings. The van der Waals surface area contributed by atoms with Crippen LogP contribution in [0.5, 0.6) is 0 Å². The largest absolute Gasteiger partial charge is 0.385 e. The van der Waals surface area contributed by atoms with E-state index in [0.717, 1.165) is 31.5 Å². The molecular formula is C15H19N3O2. The van der Waals surface area contributed by atoms with E-state index in [1.54, 1.807) is 7.11 Å². The fraction of sp³-hybridized carbons (Fsp3) is 0.467. The van der Waals surface area contributed by atoms with Crippen molar-refractivity contribution in [1.29, 1.82) is 0 Å². The average Bonchev–Trinajstić information content (AvgIpc) is 2.89. The van der Waals surface area contributed by atoms with Crippen molar-refractivity contribution in [1.82, 2.24) is 10.1 Å². The molecule has 0 atom stereocenters. The monoisotopic (exact) mass is 273 g/mol. The van der Waals surface area contributed by atoms with Crippen LogP contribution in [0.1, 0.15) is 31.0 Å². The number of anilines is 1. The van der Waals surface area contributed by atoms with E-state index in [-0.39, 0.29) is 5.60 Å². The van der Waals surface area contributed by atoms with E-state index in [4.69, 9.17) is 9.26 Å². The Kier molecular flexibility index (Phi) is 3.69. The average molecular weight is 273 g/mol. The second-order valence-corrected chi connectivity index (χ2v) is 5.11. The highest BCUT2D eigenvalue weighted by Gasteiger charge is 2.43. The lowest BCUT2D eigenvalue weighted by Crippen LogP contribution is -2.37. The highest BCUT2D eigenvalue weighted by Crippen LogP contribution is 2.42. The number of rotatable bonds is 6. The molecule has 3 rings (SSSR count). The van der Waals surface area contributed by atoms with Gasteiger partial charge in [0.1, 0.15) is 5.60 Å². The Morgan fingerprint density at radius 2 is 2.10 bits per heavy atom. The molecule has 1 heterocycles. The topological polar surface area (TPSA) is 60.2 Å². The van der Waals surface area contributed by atoms with Crippen molar-refractivity contribution < 1.29 is 9.26 Å². The maximum absolute atomic E-state index is 5.55. The highest BCUT2D eigenvalue weighted by molar-refractivity contribution is 5.42. The fourth-order valence-electron chi connectivity index (χ4n) is 2.43. The lowest BCUT2D eigenvalue weighted by Gasteiger charge is -2.37. The van der Waals surface area contributed by atoms with Crippen LogP contribution in [0.25, 0.3) is 0 Å². The predicted octanol–water partition coefficient (Wildman–Crippen LogP) is 2.75. The van der Waals surface area contributed by atoms with Crippen LogP contribution >= 0.6 is 0 Å². The first-order chi connectivity index (χ1) is 9.82. The van der Waals surface area contributed by atoms with Crippen LogP contribution in [0.2, 0.25) is 0 Å². The zero-order valence-corrected chi connectivity index (χ0v) is 11.6. The normalized spacial score (nSPS) is 16.6. The third-order valence-corrected chi connectivity index (χ3v) is 3.87. The highest BCUT2D eigenvalue weighted by atomic mass is 16.5. The van der Waals surface area contributed by atoms with Gasteiger partial charge in [0.15, 0.2) is 0 Å². The lowest BCUT2D eigenvalue weighted by molar-refractivity contribution is -0.0858. The zero-order valence-electron chi connectivity index (χ0n) is 11.6. The summed E-state index contributed by atoms with van der Waals surface area (Å²) in [6.07, 6.45) is 3.82. The number of para-hydroxylation sites is 1. The van der Waals surface area contributed by atoms with Crippen LogP contribution in [0.4, 0.5) is 5.69 Å². The van der Waals surface area contributed by atoms with E-state index in [1.165, 1.54) is 0 Å². The Hall–Kier alpha value is -1.88. The summed E-state index contributed by atoms with van der Waals surface area (Å²) in [5.74, 6) is 1.35. The number of benzene rings is 1. The number of ether oxygens (including phenoxy) is 1. The number of nitrogens with zero attached hydrogens (tertiary/aromatic N) is 2. The molecule has 106 valence electrons. The molecular weight excluding hydrogens is 254 g/mol. The molecule has 0 bridgehead atoms. The van der Waals surface area contributed by atoms with Gasteiger partial charge in [0, 0.05) is 25.8 Å². The molecule has 0 aliphatic heterocycles. The molecule has 0 amide bonds. The number of methoxy groups -OCH3 is 1. The summed E-state index contributed by atoms with van der Waals surface area (Å²) in [5.41, 5.74) is 0.800. The van der Waals surface area contributed by atoms with Crippen LogP contribution in [0.15, 0.2) is 34.9 Å². The molecule has 0 unspecified atom stereocenters. The first-order valence-corrected chi connectivity index (χ1v) is 6.99. The Bertz CT molecular complexity index is 544. The zero-order chi connectivity index (χ0) is 13.8. The van der Waals surface area contributed by atoms with E-state index in [1.807, 2.05) is 30.3 Å². The maximum Gasteiger partial charge on any atom is 0.228 e. The third-order valence-electron chi connectivity index (χ3n) is 3.87. The summed E-state index contributed by atoms with van der Waals surface area (Å²) >= 11 is 0. The van der Waals surface area contributed by atoms with E-state index in [2.05, 4.69) is 15.5 Å². The summed E-state index contributed by atoms with van der Waals surface area (Å²) in [5, 5.41) is 7.39. The van der Waals surface area contributed by atoms with E-state index >= 15 is 0 Å². The summed E-state index contributed by atoms with van der Waals surface area (Å²) in [7, 11) is 1.71. The molecule has 20 heavy (non-hydrogen) atoms. The van der Waals surface area contributed by atoms with Crippen molar-refractivity contribution in [3.8, 4) is 0 Å². The predicted molar refractivity (Wildman–Crippen MR) is 75.5 cm³/mol. The van der Waals surface area contributed by atoms with Gasteiger partial charge in [-0.2, -0.15) is 4.98 Å². The Morgan fingerprint density at radius 1 is 1.30 bits per heavy atom. The standard InChI is InChI=1S/C15H19N3O2/c1-19-15(9-5-10-15)14-17-13(20-18-14)8-11-16-12-6-3-2-4-7-12/h2-4,6-7,16H,5,8-11H2,1H3. The van der Waals surface area contributed by atoms with Gasteiger partial charge in [-0.25, -0.2) is 0 Å². The first kappa shape index (κ1) is 13.1. The van der Waals surface area contributed by atoms with Gasteiger partial charge in [0.2, 0.25) is 11.7 Å². The van der Waals surface area contributed by atoms with Crippen LogP contribution in [-0.4, -0.2) is 23.8 Å². The van der Waals surface area contributed by atoms with Gasteiger partial charge in [-0.15, -0.1) is 0 Å². The lowest BCUT2D eigenvalue weighted by atomic mass is 9.79. The molecule has 1 saturated carbocycles. The Labute approximate surface area is 118 Å². The van der Waals surface area contributed by atoms with Crippen molar-refractivity contribution in [3.05, 3.63) is 42.0 Å². The molecule has 1 fully saturated rings. The molecule has 1 N–H and O–H groups in total. The smallest absolute Gasteiger partial charge is 0.228 e. The molecule has 1 aromatic carbocycles. The van der Waals surface area contributed by atoms with Crippen LogP contribution in [0.3, 0.4) is 0 Å². The van der Waals surface area contributed by atoms with Crippen LogP contribution in [0, 0.1) is 0 Å². The minimum Gasteiger partial charge on any atom is -0.385 e. The van der Waals surface area contributed by atoms with Crippen molar-refractivity contribution in [2.45, 2.75) is 31.3 Å². The van der Waals surface area contributed by atoms with Gasteiger partial charge >= 0.3 is 0 Å². The number of nitrogens with one attached hydrogen (secondary N) is 1. The van der Waals surface area contributed by atoms with Crippen molar-refractivity contribution >= 4 is 5.69 Å². The second-order valence-electron chi connectivity index (χ2n) is 5.11. The number of aromatic nitrogens is 2. The van der Waals surface area contributed by atoms with Gasteiger partial charge in [-0.1, -0.05) is 23.4 Å². The van der Waals surface area contributed by atoms with Gasteiger partial charge in [0.05, 0.1) is 0 Å². The molecule has 1 aliphatic rings. The molecule has 1 aromatic heterocycles. The van der Waals surface area contributed by atoms with Crippen LogP contribution in [-0.2, 0) is 16.8 Å². The first-order valence-electron chi connectivity index (χ1n) is 6.99. The van der Waals surface area contributed by atoms with E-state index in [9.17, 15) is 0 Å². The summed E-state index contributed by atoms with van der Waals surface area (Å²) in [6, 6.07) is 10.1. The van der Waals surface area contributed by atoms with Crippen molar-refractivity contribution in [2.75, 3.05) is 19.0 Å². The number of hydrogen-bond acceptors (Lipinski definition) is 5. The molecule has 0 saturated heterocycles. The van der Waals surface area contributed by atoms with Gasteiger partial charge in [0.25, 0.3) is 0 Å². The summed E-state index contributed by atoms with van der Waals surface area (Å²) < 4.78 is 10.9. The van der Waals surface area contributed by atoms with E-state index in [0.29, 0.717) is 18.1 Å². The van der Waals surface area contributed by atoms with E-state index < -0.39 is 0 Å². The fourth-order valence-corrected chi connectivity index (χ4v) is 2.43. The van der Waals surface area contributed by atoms with Crippen molar-refractivity contribution in [3.63, 3.8) is 0 Å². The van der Waals surface area contributed by atoms with Crippen LogP contribution < -0.4 is 5.32 Å². The molecule has 5 nitrogen and oxygen atoms in total. The van der Waals surface area contributed by atoms with Gasteiger partial charge < -0.3 is 14.6 Å². The van der Waals surface area contributed by atoms with Crippen molar-refractivity contribution in [2.24, 2.45) is 0 Å². The minimum atomic E-state index is -0.297. The minimum absolute atomic E-state index is 0.297.